The standard InChI is InChI=1S/C44H35NO/c1-3-13-37-31(9-1)11-7-16-38(37)33-21-26-36(27-22-33)45(42-17-8-12-32-10-2-4-14-39(32)42)35-24-19-30(20-25-35)34-23-28-41-40-15-5-6-18-43(40)46-44(41)29-34/h1,3,5-9,11-13,15-28,44H,2,4,10,14,29H2. The summed E-state index contributed by atoms with van der Waals surface area (Å²) in [6.07, 6.45) is 10.3. The summed E-state index contributed by atoms with van der Waals surface area (Å²) in [6.45, 7) is 0. The summed E-state index contributed by atoms with van der Waals surface area (Å²) in [5.74, 6) is 0.997. The van der Waals surface area contributed by atoms with Gasteiger partial charge in [0, 0.05) is 34.6 Å². The Morgan fingerprint density at radius 2 is 1.26 bits per heavy atom. The van der Waals surface area contributed by atoms with Crippen LogP contribution in [-0.4, -0.2) is 6.10 Å². The molecule has 0 amide bonds. The average Bonchev–Trinajstić information content (AvgIpc) is 3.50. The molecular formula is C44H35NO. The second-order valence-corrected chi connectivity index (χ2v) is 12.7. The van der Waals surface area contributed by atoms with E-state index in [-0.39, 0.29) is 6.10 Å². The van der Waals surface area contributed by atoms with Gasteiger partial charge in [0.05, 0.1) is 0 Å². The number of anilines is 3. The van der Waals surface area contributed by atoms with Gasteiger partial charge in [0.2, 0.25) is 0 Å². The number of benzene rings is 6. The Balaban J connectivity index is 1.09. The predicted octanol–water partition coefficient (Wildman–Crippen LogP) is 11.5. The fraction of sp³-hybridized carbons (Fsp3) is 0.136. The summed E-state index contributed by atoms with van der Waals surface area (Å²) in [4.78, 5) is 2.46. The van der Waals surface area contributed by atoms with E-state index in [0.29, 0.717) is 0 Å². The SMILES string of the molecule is C1=C(c2ccc(N(c3ccc(-c4cccc5ccccc45)cc3)c3cccc4c3CCCC4)cc2)CC2Oc3ccccc3C2=C1. The highest BCUT2D eigenvalue weighted by atomic mass is 16.5. The van der Waals surface area contributed by atoms with Crippen LogP contribution in [0.1, 0.15) is 41.5 Å². The molecule has 2 heteroatoms. The molecule has 1 unspecified atom stereocenters. The third kappa shape index (κ3) is 4.64. The summed E-state index contributed by atoms with van der Waals surface area (Å²) >= 11 is 0. The molecule has 0 saturated carbocycles. The van der Waals surface area contributed by atoms with Gasteiger partial charge in [-0.25, -0.2) is 0 Å². The van der Waals surface area contributed by atoms with E-state index in [0.717, 1.165) is 25.0 Å². The number of ether oxygens (including phenoxy) is 1. The average molecular weight is 594 g/mol. The van der Waals surface area contributed by atoms with Crippen LogP contribution in [0, 0.1) is 0 Å². The number of hydrogen-bond acceptors (Lipinski definition) is 2. The zero-order valence-corrected chi connectivity index (χ0v) is 25.8. The zero-order valence-electron chi connectivity index (χ0n) is 25.8. The highest BCUT2D eigenvalue weighted by Crippen LogP contribution is 2.45. The van der Waals surface area contributed by atoms with Crippen molar-refractivity contribution in [1.29, 1.82) is 0 Å². The van der Waals surface area contributed by atoms with Crippen LogP contribution in [0.2, 0.25) is 0 Å². The molecule has 0 bridgehead atoms. The molecule has 9 rings (SSSR count). The Hall–Kier alpha value is -5.34. The summed E-state index contributed by atoms with van der Waals surface area (Å²) in [5.41, 5.74) is 14.2. The highest BCUT2D eigenvalue weighted by Gasteiger charge is 2.31. The van der Waals surface area contributed by atoms with Crippen LogP contribution in [-0.2, 0) is 12.8 Å². The van der Waals surface area contributed by atoms with E-state index >= 15 is 0 Å². The molecule has 2 nitrogen and oxygen atoms in total. The predicted molar refractivity (Wildman–Crippen MR) is 192 cm³/mol. The van der Waals surface area contributed by atoms with Gasteiger partial charge in [0.25, 0.3) is 0 Å². The number of allylic oxidation sites excluding steroid dienone is 2. The molecule has 2 aliphatic carbocycles. The molecule has 0 spiro atoms. The maximum absolute atomic E-state index is 6.34. The van der Waals surface area contributed by atoms with Crippen LogP contribution < -0.4 is 9.64 Å². The fourth-order valence-corrected chi connectivity index (χ4v) is 7.71. The first kappa shape index (κ1) is 27.0. The first-order valence-electron chi connectivity index (χ1n) is 16.6. The second kappa shape index (κ2) is 11.2. The molecule has 46 heavy (non-hydrogen) atoms. The van der Waals surface area contributed by atoms with Crippen molar-refractivity contribution in [3.63, 3.8) is 0 Å². The number of aryl methyl sites for hydroxylation is 1. The maximum atomic E-state index is 6.34. The van der Waals surface area contributed by atoms with Crippen LogP contribution in [0.15, 0.2) is 146 Å². The van der Waals surface area contributed by atoms with Gasteiger partial charge < -0.3 is 9.64 Å². The summed E-state index contributed by atoms with van der Waals surface area (Å²) in [7, 11) is 0. The minimum absolute atomic E-state index is 0.0877. The molecule has 0 saturated heterocycles. The molecule has 0 N–H and O–H groups in total. The van der Waals surface area contributed by atoms with Gasteiger partial charge in [0.1, 0.15) is 11.9 Å². The Bertz CT molecular complexity index is 2150. The van der Waals surface area contributed by atoms with Crippen LogP contribution in [0.3, 0.4) is 0 Å². The van der Waals surface area contributed by atoms with Crippen molar-refractivity contribution in [1.82, 2.24) is 0 Å². The molecule has 3 aliphatic rings. The van der Waals surface area contributed by atoms with Crippen molar-refractivity contribution in [3.05, 3.63) is 168 Å². The molecule has 0 radical (unpaired) electrons. The molecule has 0 aromatic heterocycles. The molecule has 1 heterocycles. The molecule has 1 aliphatic heterocycles. The lowest BCUT2D eigenvalue weighted by Crippen LogP contribution is -2.16. The lowest BCUT2D eigenvalue weighted by molar-refractivity contribution is 0.281. The van der Waals surface area contributed by atoms with Gasteiger partial charge in [-0.15, -0.1) is 0 Å². The maximum Gasteiger partial charge on any atom is 0.128 e. The molecular weight excluding hydrogens is 558 g/mol. The van der Waals surface area contributed by atoms with E-state index in [2.05, 4.69) is 151 Å². The number of hydrogen-bond donors (Lipinski definition) is 0. The van der Waals surface area contributed by atoms with Crippen molar-refractivity contribution in [3.8, 4) is 16.9 Å². The minimum Gasteiger partial charge on any atom is -0.485 e. The molecule has 222 valence electrons. The Kier molecular flexibility index (Phi) is 6.59. The quantitative estimate of drug-likeness (QED) is 0.197. The van der Waals surface area contributed by atoms with Crippen molar-refractivity contribution >= 4 is 39.0 Å². The number of rotatable bonds is 5. The Morgan fingerprint density at radius 1 is 0.565 bits per heavy atom. The van der Waals surface area contributed by atoms with Gasteiger partial charge in [-0.3, -0.25) is 0 Å². The minimum atomic E-state index is 0.0877. The summed E-state index contributed by atoms with van der Waals surface area (Å²) in [6, 6.07) is 48.8. The molecule has 0 fully saturated rings. The van der Waals surface area contributed by atoms with Crippen molar-refractivity contribution in [2.75, 3.05) is 4.90 Å². The summed E-state index contributed by atoms with van der Waals surface area (Å²) < 4.78 is 6.34. The second-order valence-electron chi connectivity index (χ2n) is 12.7. The topological polar surface area (TPSA) is 12.5 Å². The molecule has 1 atom stereocenters. The van der Waals surface area contributed by atoms with E-state index in [1.54, 1.807) is 0 Å². The first-order chi connectivity index (χ1) is 22.8. The fourth-order valence-electron chi connectivity index (χ4n) is 7.71. The third-order valence-corrected chi connectivity index (χ3v) is 10.0. The van der Waals surface area contributed by atoms with Crippen LogP contribution >= 0.6 is 0 Å². The Labute approximate surface area is 270 Å². The van der Waals surface area contributed by atoms with E-state index in [1.807, 2.05) is 0 Å². The van der Waals surface area contributed by atoms with E-state index < -0.39 is 0 Å². The number of nitrogens with zero attached hydrogens (tertiary/aromatic N) is 1. The van der Waals surface area contributed by atoms with E-state index in [9.17, 15) is 0 Å². The van der Waals surface area contributed by atoms with Crippen molar-refractivity contribution < 1.29 is 4.74 Å². The summed E-state index contributed by atoms with van der Waals surface area (Å²) in [5, 5.41) is 2.55. The monoisotopic (exact) mass is 593 g/mol. The first-order valence-corrected chi connectivity index (χ1v) is 16.6. The zero-order chi connectivity index (χ0) is 30.5. The molecule has 6 aromatic rings. The van der Waals surface area contributed by atoms with Gasteiger partial charge in [-0.05, 0) is 106 Å². The molecule has 6 aromatic carbocycles. The Morgan fingerprint density at radius 3 is 2.13 bits per heavy atom. The highest BCUT2D eigenvalue weighted by molar-refractivity contribution is 5.97. The smallest absolute Gasteiger partial charge is 0.128 e. The largest absolute Gasteiger partial charge is 0.485 e. The lowest BCUT2D eigenvalue weighted by atomic mass is 9.88. The number of para-hydroxylation sites is 1. The van der Waals surface area contributed by atoms with Gasteiger partial charge in [-0.2, -0.15) is 0 Å². The van der Waals surface area contributed by atoms with Crippen LogP contribution in [0.25, 0.3) is 33.0 Å². The van der Waals surface area contributed by atoms with Gasteiger partial charge >= 0.3 is 0 Å². The number of fused-ring (bicyclic) bond motifs is 5. The van der Waals surface area contributed by atoms with E-state index in [1.165, 1.54) is 85.2 Å². The van der Waals surface area contributed by atoms with Crippen LogP contribution in [0.5, 0.6) is 5.75 Å². The lowest BCUT2D eigenvalue weighted by Gasteiger charge is -2.30. The van der Waals surface area contributed by atoms with E-state index in [4.69, 9.17) is 4.74 Å². The van der Waals surface area contributed by atoms with Crippen molar-refractivity contribution in [2.24, 2.45) is 0 Å². The van der Waals surface area contributed by atoms with Gasteiger partial charge in [-0.1, -0.05) is 109 Å². The van der Waals surface area contributed by atoms with Crippen LogP contribution in [0.4, 0.5) is 17.1 Å². The van der Waals surface area contributed by atoms with Gasteiger partial charge in [0.15, 0.2) is 0 Å². The normalized spacial score (nSPS) is 16.5. The van der Waals surface area contributed by atoms with Crippen molar-refractivity contribution in [2.45, 2.75) is 38.2 Å². The third-order valence-electron chi connectivity index (χ3n) is 10.0.